The van der Waals surface area contributed by atoms with Crippen LogP contribution >= 0.6 is 0 Å². The monoisotopic (exact) mass is 331 g/mol. The van der Waals surface area contributed by atoms with Crippen molar-refractivity contribution in [2.45, 2.75) is 6.92 Å². The van der Waals surface area contributed by atoms with Gasteiger partial charge in [0, 0.05) is 18.0 Å². The van der Waals surface area contributed by atoms with E-state index in [2.05, 4.69) is 9.97 Å². The van der Waals surface area contributed by atoms with Gasteiger partial charge in [-0.05, 0) is 37.3 Å². The largest absolute Gasteiger partial charge is 0.507 e. The molecule has 0 saturated carbocycles. The van der Waals surface area contributed by atoms with Crippen LogP contribution in [0, 0.1) is 6.92 Å². The lowest BCUT2D eigenvalue weighted by Crippen LogP contribution is -2.13. The average Bonchev–Trinajstić information content (AvgIpc) is 2.63. The van der Waals surface area contributed by atoms with Crippen molar-refractivity contribution in [1.29, 1.82) is 0 Å². The van der Waals surface area contributed by atoms with Crippen LogP contribution in [0.5, 0.6) is 5.75 Å². The first-order valence-electron chi connectivity index (χ1n) is 7.66. The van der Waals surface area contributed by atoms with Crippen LogP contribution in [0.15, 0.2) is 59.7 Å². The molecular weight excluding hydrogens is 318 g/mol. The molecule has 3 heterocycles. The minimum Gasteiger partial charge on any atom is -0.507 e. The van der Waals surface area contributed by atoms with Crippen molar-refractivity contribution in [3.8, 4) is 5.75 Å². The zero-order chi connectivity index (χ0) is 17.6. The van der Waals surface area contributed by atoms with Gasteiger partial charge in [0.2, 0.25) is 0 Å². The van der Waals surface area contributed by atoms with Gasteiger partial charge >= 0.3 is 0 Å². The molecule has 0 saturated heterocycles. The number of rotatable bonds is 2. The summed E-state index contributed by atoms with van der Waals surface area (Å²) in [4.78, 5) is 33.3. The Morgan fingerprint density at radius 1 is 1.16 bits per heavy atom. The molecule has 0 fully saturated rings. The highest BCUT2D eigenvalue weighted by molar-refractivity contribution is 6.11. The molecule has 0 aliphatic rings. The van der Waals surface area contributed by atoms with Gasteiger partial charge in [-0.25, -0.2) is 4.98 Å². The smallest absolute Gasteiger partial charge is 0.282 e. The van der Waals surface area contributed by atoms with Crippen molar-refractivity contribution in [3.63, 3.8) is 0 Å². The molecule has 0 spiro atoms. The highest BCUT2D eigenvalue weighted by atomic mass is 16.3. The molecule has 0 atom stereocenters. The van der Waals surface area contributed by atoms with E-state index in [0.717, 1.165) is 5.56 Å². The average molecular weight is 331 g/mol. The Bertz CT molecular complexity index is 1210. The molecule has 6 heteroatoms. The van der Waals surface area contributed by atoms with Gasteiger partial charge in [-0.2, -0.15) is 4.98 Å². The summed E-state index contributed by atoms with van der Waals surface area (Å²) in [5.74, 6) is -0.503. The summed E-state index contributed by atoms with van der Waals surface area (Å²) in [6, 6.07) is 11.6. The third kappa shape index (κ3) is 2.44. The number of aromatic nitrogens is 3. The van der Waals surface area contributed by atoms with Gasteiger partial charge in [0.05, 0.1) is 10.9 Å². The lowest BCUT2D eigenvalue weighted by Gasteiger charge is -2.07. The number of carbonyl (C=O) groups excluding carboxylic acids is 1. The first-order chi connectivity index (χ1) is 12.0. The predicted octanol–water partition coefficient (Wildman–Crippen LogP) is 2.49. The van der Waals surface area contributed by atoms with Crippen LogP contribution in [0.3, 0.4) is 0 Å². The predicted molar refractivity (Wildman–Crippen MR) is 93.0 cm³/mol. The summed E-state index contributed by atoms with van der Waals surface area (Å²) in [5.41, 5.74) is 1.72. The summed E-state index contributed by atoms with van der Waals surface area (Å²) in [7, 11) is 0. The second kappa shape index (κ2) is 5.52. The van der Waals surface area contributed by atoms with E-state index < -0.39 is 11.3 Å². The molecule has 0 aliphatic heterocycles. The van der Waals surface area contributed by atoms with Gasteiger partial charge in [0.1, 0.15) is 11.4 Å². The molecule has 0 radical (unpaired) electrons. The number of phenolic OH excluding ortho intramolecular Hbond substituents is 1. The quantitative estimate of drug-likeness (QED) is 0.450. The molecule has 4 rings (SSSR count). The summed E-state index contributed by atoms with van der Waals surface area (Å²) >= 11 is 0. The van der Waals surface area contributed by atoms with Gasteiger partial charge in [-0.15, -0.1) is 0 Å². The highest BCUT2D eigenvalue weighted by Gasteiger charge is 2.16. The number of aromatic hydroxyl groups is 1. The molecule has 25 heavy (non-hydrogen) atoms. The van der Waals surface area contributed by atoms with E-state index in [0.29, 0.717) is 11.3 Å². The molecule has 3 aromatic heterocycles. The molecule has 0 aliphatic carbocycles. The zero-order valence-electron chi connectivity index (χ0n) is 13.3. The Labute approximate surface area is 142 Å². The fourth-order valence-corrected chi connectivity index (χ4v) is 2.79. The molecular formula is C19H13N3O3. The van der Waals surface area contributed by atoms with Crippen LogP contribution in [0.4, 0.5) is 0 Å². The maximum atomic E-state index is 12.7. The lowest BCUT2D eigenvalue weighted by atomic mass is 10.0. The van der Waals surface area contributed by atoms with E-state index in [1.807, 2.05) is 13.0 Å². The highest BCUT2D eigenvalue weighted by Crippen LogP contribution is 2.22. The second-order valence-electron chi connectivity index (χ2n) is 5.79. The molecule has 1 N–H and O–H groups in total. The van der Waals surface area contributed by atoms with Gasteiger partial charge < -0.3 is 5.11 Å². The van der Waals surface area contributed by atoms with Crippen LogP contribution < -0.4 is 5.56 Å². The number of ketones is 1. The first kappa shape index (κ1) is 15.0. The Morgan fingerprint density at radius 2 is 2.00 bits per heavy atom. The van der Waals surface area contributed by atoms with Crippen LogP contribution in [-0.2, 0) is 0 Å². The van der Waals surface area contributed by atoms with Crippen LogP contribution in [-0.4, -0.2) is 25.3 Å². The van der Waals surface area contributed by atoms with E-state index >= 15 is 0 Å². The fraction of sp³-hybridized carbons (Fsp3) is 0.0526. The van der Waals surface area contributed by atoms with Gasteiger partial charge in [0.25, 0.3) is 5.56 Å². The molecule has 0 amide bonds. The van der Waals surface area contributed by atoms with Crippen LogP contribution in [0.25, 0.3) is 16.7 Å². The van der Waals surface area contributed by atoms with Gasteiger partial charge in [-0.1, -0.05) is 17.7 Å². The van der Waals surface area contributed by atoms with E-state index in [1.165, 1.54) is 18.3 Å². The number of benzene rings is 1. The summed E-state index contributed by atoms with van der Waals surface area (Å²) in [6.45, 7) is 1.83. The molecule has 1 aromatic carbocycles. The number of fused-ring (bicyclic) bond motifs is 3. The Hall–Kier alpha value is -3.54. The van der Waals surface area contributed by atoms with Crippen molar-refractivity contribution in [2.75, 3.05) is 0 Å². The van der Waals surface area contributed by atoms with E-state index in [1.54, 1.807) is 34.9 Å². The Balaban J connectivity index is 1.94. The summed E-state index contributed by atoms with van der Waals surface area (Å²) in [5, 5.41) is 10.2. The number of aryl methyl sites for hydroxylation is 1. The first-order valence-corrected chi connectivity index (χ1v) is 7.66. The van der Waals surface area contributed by atoms with Gasteiger partial charge in [-0.3, -0.25) is 14.0 Å². The molecule has 6 nitrogen and oxygen atoms in total. The number of hydrogen-bond acceptors (Lipinski definition) is 5. The number of pyridine rings is 2. The van der Waals surface area contributed by atoms with Crippen molar-refractivity contribution in [1.82, 2.24) is 14.4 Å². The summed E-state index contributed by atoms with van der Waals surface area (Å²) < 4.78 is 1.69. The minimum atomic E-state index is -0.447. The van der Waals surface area contributed by atoms with E-state index in [9.17, 15) is 14.7 Å². The third-order valence-electron chi connectivity index (χ3n) is 4.04. The molecule has 4 aromatic rings. The summed E-state index contributed by atoms with van der Waals surface area (Å²) in [6.07, 6.45) is 3.16. The number of hydrogen-bond donors (Lipinski definition) is 1. The molecule has 0 unspecified atom stereocenters. The van der Waals surface area contributed by atoms with Gasteiger partial charge in [0.15, 0.2) is 11.4 Å². The lowest BCUT2D eigenvalue weighted by molar-refractivity contribution is 0.103. The number of carbonyl (C=O) groups is 1. The fourth-order valence-electron chi connectivity index (χ4n) is 2.79. The normalized spacial score (nSPS) is 11.1. The maximum absolute atomic E-state index is 12.7. The van der Waals surface area contributed by atoms with Crippen molar-refractivity contribution in [2.24, 2.45) is 0 Å². The standard InChI is InChI=1S/C19H13N3O3/c1-11-5-6-15(23)13(8-11)17(24)12-9-14-18(20-10-12)22-7-3-2-4-16(22)21-19(14)25/h2-10,23H,1H3. The minimum absolute atomic E-state index is 0.107. The number of nitrogens with zero attached hydrogens (tertiary/aromatic N) is 3. The SMILES string of the molecule is Cc1ccc(O)c(C(=O)c2cnc3c(c2)c(=O)nc2ccccn23)c1. The Kier molecular flexibility index (Phi) is 3.32. The zero-order valence-corrected chi connectivity index (χ0v) is 13.3. The van der Waals surface area contributed by atoms with E-state index in [-0.39, 0.29) is 22.3 Å². The molecule has 122 valence electrons. The van der Waals surface area contributed by atoms with Crippen LogP contribution in [0.1, 0.15) is 21.5 Å². The van der Waals surface area contributed by atoms with E-state index in [4.69, 9.17) is 0 Å². The second-order valence-corrected chi connectivity index (χ2v) is 5.79. The third-order valence-corrected chi connectivity index (χ3v) is 4.04. The molecule has 0 bridgehead atoms. The van der Waals surface area contributed by atoms with Crippen LogP contribution in [0.2, 0.25) is 0 Å². The van der Waals surface area contributed by atoms with Crippen molar-refractivity contribution < 1.29 is 9.90 Å². The van der Waals surface area contributed by atoms with Crippen molar-refractivity contribution >= 4 is 22.5 Å². The van der Waals surface area contributed by atoms with Crippen molar-refractivity contribution in [3.05, 3.63) is 81.9 Å². The topological polar surface area (TPSA) is 84.6 Å². The maximum Gasteiger partial charge on any atom is 0.282 e. The Morgan fingerprint density at radius 3 is 2.84 bits per heavy atom. The number of phenols is 1.